The number of hydrogen-bond donors (Lipinski definition) is 0. The maximum absolute atomic E-state index is 12.9. The lowest BCUT2D eigenvalue weighted by Gasteiger charge is -2.18. The number of carbonyl (C=O) groups excluding carboxylic acids is 3. The predicted molar refractivity (Wildman–Crippen MR) is 334 cm³/mol. The summed E-state index contributed by atoms with van der Waals surface area (Å²) in [5.41, 5.74) is 0. The Morgan fingerprint density at radius 2 is 0.506 bits per heavy atom. The number of allylic oxidation sites excluding steroid dienone is 18. The van der Waals surface area contributed by atoms with Crippen LogP contribution in [0.5, 0.6) is 0 Å². The van der Waals surface area contributed by atoms with Crippen LogP contribution in [-0.2, 0) is 28.6 Å². The summed E-state index contributed by atoms with van der Waals surface area (Å²) in [4.78, 5) is 38.3. The van der Waals surface area contributed by atoms with Gasteiger partial charge in [-0.15, -0.1) is 0 Å². The van der Waals surface area contributed by atoms with E-state index >= 15 is 0 Å². The molecule has 0 saturated heterocycles. The fourth-order valence-electron chi connectivity index (χ4n) is 8.88. The highest BCUT2D eigenvalue weighted by Gasteiger charge is 2.19. The SMILES string of the molecule is CC/C=C\C/C=C\C/C=C\C/C=C\C/C=C\C/C=C\CCCCCCCCCCC(=O)OCC(COC(=O)CCCCCCC/C=C\C/C=C\CCCCC)OC(=O)CCCCCCCCC/C=C\CCCCCCCC. The number of hydrogen-bond acceptors (Lipinski definition) is 6. The van der Waals surface area contributed by atoms with Crippen LogP contribution in [0.2, 0.25) is 0 Å². The lowest BCUT2D eigenvalue weighted by atomic mass is 10.1. The summed E-state index contributed by atoms with van der Waals surface area (Å²) in [5, 5.41) is 0. The quantitative estimate of drug-likeness (QED) is 0.0261. The summed E-state index contributed by atoms with van der Waals surface area (Å²) in [6, 6.07) is 0. The first-order chi connectivity index (χ1) is 38.0. The zero-order chi connectivity index (χ0) is 55.7. The highest BCUT2D eigenvalue weighted by molar-refractivity contribution is 5.71. The number of rotatable bonds is 58. The van der Waals surface area contributed by atoms with E-state index in [9.17, 15) is 14.4 Å². The molecule has 0 radical (unpaired) electrons. The molecule has 1 unspecified atom stereocenters. The normalized spacial score (nSPS) is 12.8. The van der Waals surface area contributed by atoms with Gasteiger partial charge in [-0.25, -0.2) is 0 Å². The van der Waals surface area contributed by atoms with Crippen LogP contribution in [0.1, 0.15) is 303 Å². The Labute approximate surface area is 476 Å². The first kappa shape index (κ1) is 73.1. The Hall–Kier alpha value is -3.93. The van der Waals surface area contributed by atoms with Gasteiger partial charge in [0.1, 0.15) is 13.2 Å². The average Bonchev–Trinajstić information content (AvgIpc) is 3.43. The van der Waals surface area contributed by atoms with E-state index in [1.807, 2.05) is 0 Å². The molecule has 0 heterocycles. The van der Waals surface area contributed by atoms with Crippen LogP contribution in [0, 0.1) is 0 Å². The van der Waals surface area contributed by atoms with E-state index in [4.69, 9.17) is 14.2 Å². The van der Waals surface area contributed by atoms with Gasteiger partial charge in [0.25, 0.3) is 0 Å². The summed E-state index contributed by atoms with van der Waals surface area (Å²) >= 11 is 0. The van der Waals surface area contributed by atoms with Gasteiger partial charge in [-0.3, -0.25) is 14.4 Å². The minimum atomic E-state index is -0.792. The number of unbranched alkanes of at least 4 members (excludes halogenated alkanes) is 29. The molecule has 1 atom stereocenters. The highest BCUT2D eigenvalue weighted by atomic mass is 16.6. The molecule has 440 valence electrons. The van der Waals surface area contributed by atoms with E-state index in [0.717, 1.165) is 128 Å². The van der Waals surface area contributed by atoms with E-state index in [2.05, 4.69) is 130 Å². The molecule has 0 aromatic heterocycles. The molecule has 0 aliphatic heterocycles. The Kier molecular flexibility index (Phi) is 61.3. The van der Waals surface area contributed by atoms with Crippen LogP contribution < -0.4 is 0 Å². The smallest absolute Gasteiger partial charge is 0.306 e. The fourth-order valence-corrected chi connectivity index (χ4v) is 8.88. The van der Waals surface area contributed by atoms with Crippen molar-refractivity contribution in [1.29, 1.82) is 0 Å². The van der Waals surface area contributed by atoms with E-state index in [-0.39, 0.29) is 31.1 Å². The molecule has 0 spiro atoms. The molecule has 6 heteroatoms. The summed E-state index contributed by atoms with van der Waals surface area (Å²) < 4.78 is 16.9. The van der Waals surface area contributed by atoms with Crippen LogP contribution >= 0.6 is 0 Å². The minimum absolute atomic E-state index is 0.0889. The van der Waals surface area contributed by atoms with Gasteiger partial charge in [0.15, 0.2) is 6.10 Å². The second-order valence-electron chi connectivity index (χ2n) is 21.3. The molecule has 0 aromatic rings. The summed E-state index contributed by atoms with van der Waals surface area (Å²) in [6.07, 6.45) is 88.0. The van der Waals surface area contributed by atoms with Crippen LogP contribution in [0.15, 0.2) is 109 Å². The van der Waals surface area contributed by atoms with Crippen LogP contribution in [0.25, 0.3) is 0 Å². The third kappa shape index (κ3) is 62.8. The number of esters is 3. The molecule has 0 N–H and O–H groups in total. The van der Waals surface area contributed by atoms with Crippen molar-refractivity contribution in [2.45, 2.75) is 309 Å². The van der Waals surface area contributed by atoms with Gasteiger partial charge in [0, 0.05) is 19.3 Å². The van der Waals surface area contributed by atoms with Crippen molar-refractivity contribution >= 4 is 17.9 Å². The zero-order valence-corrected chi connectivity index (χ0v) is 50.4. The zero-order valence-electron chi connectivity index (χ0n) is 50.4. The van der Waals surface area contributed by atoms with Crippen LogP contribution in [0.4, 0.5) is 0 Å². The molecular weight excluding hydrogens is 949 g/mol. The third-order valence-corrected chi connectivity index (χ3v) is 13.7. The lowest BCUT2D eigenvalue weighted by molar-refractivity contribution is -0.167. The van der Waals surface area contributed by atoms with Gasteiger partial charge < -0.3 is 14.2 Å². The monoisotopic (exact) mass is 1070 g/mol. The maximum atomic E-state index is 12.9. The summed E-state index contributed by atoms with van der Waals surface area (Å²) in [5.74, 6) is -0.907. The Bertz CT molecular complexity index is 1560. The Balaban J connectivity index is 4.37. The molecule has 77 heavy (non-hydrogen) atoms. The van der Waals surface area contributed by atoms with Crippen LogP contribution in [0.3, 0.4) is 0 Å². The van der Waals surface area contributed by atoms with E-state index in [1.54, 1.807) is 0 Å². The topological polar surface area (TPSA) is 78.9 Å². The van der Waals surface area contributed by atoms with Crippen molar-refractivity contribution in [1.82, 2.24) is 0 Å². The molecule has 0 saturated carbocycles. The molecule has 0 amide bonds. The van der Waals surface area contributed by atoms with Gasteiger partial charge in [-0.05, 0) is 128 Å². The second-order valence-corrected chi connectivity index (χ2v) is 21.3. The number of carbonyl (C=O) groups is 3. The van der Waals surface area contributed by atoms with Crippen molar-refractivity contribution in [2.75, 3.05) is 13.2 Å². The lowest BCUT2D eigenvalue weighted by Crippen LogP contribution is -2.30. The summed E-state index contributed by atoms with van der Waals surface area (Å²) in [6.45, 7) is 6.49. The molecular formula is C71H120O6. The molecule has 0 aliphatic carbocycles. The molecule has 6 nitrogen and oxygen atoms in total. The molecule has 0 rings (SSSR count). The van der Waals surface area contributed by atoms with Gasteiger partial charge in [0.2, 0.25) is 0 Å². The van der Waals surface area contributed by atoms with E-state index in [1.165, 1.54) is 135 Å². The second kappa shape index (κ2) is 64.6. The largest absolute Gasteiger partial charge is 0.462 e. The molecule has 0 bridgehead atoms. The highest BCUT2D eigenvalue weighted by Crippen LogP contribution is 2.15. The molecule has 0 aromatic carbocycles. The molecule has 0 aliphatic rings. The van der Waals surface area contributed by atoms with E-state index < -0.39 is 6.10 Å². The summed E-state index contributed by atoms with van der Waals surface area (Å²) in [7, 11) is 0. The van der Waals surface area contributed by atoms with Gasteiger partial charge in [-0.1, -0.05) is 265 Å². The van der Waals surface area contributed by atoms with Crippen molar-refractivity contribution in [3.05, 3.63) is 109 Å². The standard InChI is InChI=1S/C71H120O6/c1-4-7-10-13-16-19-22-25-28-30-31-32-33-34-35-36-37-38-39-41-43-46-49-52-55-58-61-64-70(73)76-67-68(66-75-69(72)63-60-57-54-51-48-45-42-27-24-21-18-15-12-9-6-3)77-71(74)65-62-59-56-53-50-47-44-40-29-26-23-20-17-14-11-8-5-2/h7,10,16,18-19,21,25-29,31-32,34-35,37-38,42,68H,4-6,8-9,11-15,17,20,22-24,30,33,36,39-41,43-67H2,1-3H3/b10-7-,19-16-,21-18-,28-25-,29-26-,32-31-,35-34-,38-37-,42-27-. The van der Waals surface area contributed by atoms with Gasteiger partial charge in [0.05, 0.1) is 0 Å². The van der Waals surface area contributed by atoms with Crippen molar-refractivity contribution < 1.29 is 28.6 Å². The van der Waals surface area contributed by atoms with Gasteiger partial charge in [-0.2, -0.15) is 0 Å². The number of ether oxygens (including phenoxy) is 3. The first-order valence-corrected chi connectivity index (χ1v) is 32.4. The maximum Gasteiger partial charge on any atom is 0.306 e. The first-order valence-electron chi connectivity index (χ1n) is 32.4. The predicted octanol–water partition coefficient (Wildman–Crippen LogP) is 22.2. The van der Waals surface area contributed by atoms with Gasteiger partial charge >= 0.3 is 17.9 Å². The van der Waals surface area contributed by atoms with Crippen molar-refractivity contribution in [3.8, 4) is 0 Å². The van der Waals surface area contributed by atoms with E-state index in [0.29, 0.717) is 19.3 Å². The third-order valence-electron chi connectivity index (χ3n) is 13.7. The van der Waals surface area contributed by atoms with Crippen molar-refractivity contribution in [2.24, 2.45) is 0 Å². The Morgan fingerprint density at radius 1 is 0.273 bits per heavy atom. The minimum Gasteiger partial charge on any atom is -0.462 e. The molecule has 0 fully saturated rings. The van der Waals surface area contributed by atoms with Crippen molar-refractivity contribution in [3.63, 3.8) is 0 Å². The average molecular weight is 1070 g/mol. The van der Waals surface area contributed by atoms with Crippen LogP contribution in [-0.4, -0.2) is 37.2 Å². The Morgan fingerprint density at radius 3 is 0.831 bits per heavy atom. The fraction of sp³-hybridized carbons (Fsp3) is 0.704.